The molecule has 2 fully saturated rings. The molecule has 4 atom stereocenters. The summed E-state index contributed by atoms with van der Waals surface area (Å²) in [7, 11) is 0. The number of fused-ring (bicyclic) bond motifs is 1. The Balaban J connectivity index is 1.88. The minimum Gasteiger partial charge on any atom is -0.478 e. The van der Waals surface area contributed by atoms with Crippen molar-refractivity contribution >= 4 is 11.9 Å². The molecule has 7 heteroatoms. The van der Waals surface area contributed by atoms with E-state index in [0.29, 0.717) is 6.08 Å². The first-order chi connectivity index (χ1) is 8.08. The zero-order valence-corrected chi connectivity index (χ0v) is 8.81. The van der Waals surface area contributed by atoms with Crippen molar-refractivity contribution in [3.63, 3.8) is 0 Å². The summed E-state index contributed by atoms with van der Waals surface area (Å²) in [4.78, 5) is 21.4. The van der Waals surface area contributed by atoms with Crippen LogP contribution < -0.4 is 0 Å². The molecule has 2 rings (SSSR count). The molecule has 2 aliphatic rings. The summed E-state index contributed by atoms with van der Waals surface area (Å²) < 4.78 is 15.4. The van der Waals surface area contributed by atoms with Gasteiger partial charge in [-0.3, -0.25) is 0 Å². The molecule has 7 nitrogen and oxygen atoms in total. The van der Waals surface area contributed by atoms with Crippen LogP contribution in [0.25, 0.3) is 0 Å². The quantitative estimate of drug-likeness (QED) is 0.469. The van der Waals surface area contributed by atoms with Gasteiger partial charge in [0.15, 0.2) is 6.10 Å². The number of carboxylic acid groups (broad SMARTS) is 1. The lowest BCUT2D eigenvalue weighted by Crippen LogP contribution is -2.33. The predicted octanol–water partition coefficient (Wildman–Crippen LogP) is -1.30. The third kappa shape index (κ3) is 2.63. The fraction of sp³-hybridized carbons (Fsp3) is 0.600. The van der Waals surface area contributed by atoms with E-state index >= 15 is 0 Å². The first kappa shape index (κ1) is 12.0. The van der Waals surface area contributed by atoms with Gasteiger partial charge in [-0.05, 0) is 0 Å². The normalized spacial score (nSPS) is 36.1. The molecule has 0 amide bonds. The number of aliphatic carboxylic acids is 1. The third-order valence-electron chi connectivity index (χ3n) is 2.61. The van der Waals surface area contributed by atoms with Crippen LogP contribution in [-0.2, 0) is 23.8 Å². The molecular weight excluding hydrogens is 232 g/mol. The molecule has 0 unspecified atom stereocenters. The molecule has 2 heterocycles. The summed E-state index contributed by atoms with van der Waals surface area (Å²) >= 11 is 0. The van der Waals surface area contributed by atoms with E-state index in [2.05, 4.69) is 0 Å². The second kappa shape index (κ2) is 4.82. The van der Waals surface area contributed by atoms with Gasteiger partial charge in [0.25, 0.3) is 0 Å². The average molecular weight is 244 g/mol. The van der Waals surface area contributed by atoms with Gasteiger partial charge in [-0.2, -0.15) is 0 Å². The van der Waals surface area contributed by atoms with Gasteiger partial charge >= 0.3 is 11.9 Å². The van der Waals surface area contributed by atoms with Crippen molar-refractivity contribution in [2.24, 2.45) is 0 Å². The minimum atomic E-state index is -1.23. The monoisotopic (exact) mass is 244 g/mol. The SMILES string of the molecule is O=C(O)/C=C\C(=O)O[C@H]1CO[C@H]2[C@@H]1OC[C@@H]2O. The van der Waals surface area contributed by atoms with Crippen molar-refractivity contribution < 1.29 is 34.0 Å². The Kier molecular flexibility index (Phi) is 3.41. The molecule has 0 aromatic heterocycles. The molecule has 2 N–H and O–H groups in total. The van der Waals surface area contributed by atoms with Crippen LogP contribution in [0.15, 0.2) is 12.2 Å². The van der Waals surface area contributed by atoms with Gasteiger partial charge in [-0.25, -0.2) is 9.59 Å². The molecule has 17 heavy (non-hydrogen) atoms. The highest BCUT2D eigenvalue weighted by atomic mass is 16.6. The number of carbonyl (C=O) groups excluding carboxylic acids is 1. The Hall–Kier alpha value is -1.44. The predicted molar refractivity (Wildman–Crippen MR) is 52.1 cm³/mol. The highest BCUT2D eigenvalue weighted by Gasteiger charge is 2.48. The van der Waals surface area contributed by atoms with Crippen LogP contribution in [-0.4, -0.2) is 59.8 Å². The van der Waals surface area contributed by atoms with Crippen LogP contribution >= 0.6 is 0 Å². The van der Waals surface area contributed by atoms with Gasteiger partial charge in [0.1, 0.15) is 18.3 Å². The Morgan fingerprint density at radius 1 is 1.18 bits per heavy atom. The zero-order chi connectivity index (χ0) is 12.4. The van der Waals surface area contributed by atoms with Crippen molar-refractivity contribution in [3.8, 4) is 0 Å². The number of aliphatic hydroxyl groups is 1. The molecule has 0 aliphatic carbocycles. The summed E-state index contributed by atoms with van der Waals surface area (Å²) in [5.74, 6) is -2.00. The van der Waals surface area contributed by atoms with Crippen molar-refractivity contribution in [2.75, 3.05) is 13.2 Å². The number of carboxylic acids is 1. The van der Waals surface area contributed by atoms with Gasteiger partial charge in [0.05, 0.1) is 13.2 Å². The van der Waals surface area contributed by atoms with Crippen LogP contribution in [0.3, 0.4) is 0 Å². The lowest BCUT2D eigenvalue weighted by molar-refractivity contribution is -0.148. The van der Waals surface area contributed by atoms with E-state index in [1.807, 2.05) is 0 Å². The topological polar surface area (TPSA) is 102 Å². The van der Waals surface area contributed by atoms with E-state index in [1.54, 1.807) is 0 Å². The fourth-order valence-electron chi connectivity index (χ4n) is 1.87. The minimum absolute atomic E-state index is 0.138. The van der Waals surface area contributed by atoms with Gasteiger partial charge in [-0.1, -0.05) is 0 Å². The van der Waals surface area contributed by atoms with E-state index in [0.717, 1.165) is 6.08 Å². The van der Waals surface area contributed by atoms with Crippen molar-refractivity contribution in [1.82, 2.24) is 0 Å². The molecule has 0 aromatic rings. The van der Waals surface area contributed by atoms with Crippen molar-refractivity contribution in [3.05, 3.63) is 12.2 Å². The summed E-state index contributed by atoms with van der Waals surface area (Å²) in [5, 5.41) is 17.8. The van der Waals surface area contributed by atoms with E-state index in [1.165, 1.54) is 0 Å². The number of rotatable bonds is 3. The van der Waals surface area contributed by atoms with Gasteiger partial charge < -0.3 is 24.4 Å². The smallest absolute Gasteiger partial charge is 0.331 e. The van der Waals surface area contributed by atoms with E-state index in [9.17, 15) is 14.7 Å². The molecule has 0 radical (unpaired) electrons. The molecule has 0 bridgehead atoms. The summed E-state index contributed by atoms with van der Waals surface area (Å²) in [6, 6.07) is 0. The van der Waals surface area contributed by atoms with E-state index in [-0.39, 0.29) is 13.2 Å². The number of esters is 1. The van der Waals surface area contributed by atoms with Crippen LogP contribution in [0, 0.1) is 0 Å². The second-order valence-corrected chi connectivity index (χ2v) is 3.81. The summed E-state index contributed by atoms with van der Waals surface area (Å²) in [6.07, 6.45) is -0.758. The van der Waals surface area contributed by atoms with Crippen LogP contribution in [0.1, 0.15) is 0 Å². The number of ether oxygens (including phenoxy) is 3. The molecule has 94 valence electrons. The third-order valence-corrected chi connectivity index (χ3v) is 2.61. The number of aliphatic hydroxyl groups excluding tert-OH is 1. The highest BCUT2D eigenvalue weighted by Crippen LogP contribution is 2.28. The number of carbonyl (C=O) groups is 2. The average Bonchev–Trinajstić information content (AvgIpc) is 2.81. The maximum atomic E-state index is 11.2. The van der Waals surface area contributed by atoms with E-state index in [4.69, 9.17) is 19.3 Å². The maximum absolute atomic E-state index is 11.2. The lowest BCUT2D eigenvalue weighted by Gasteiger charge is -2.15. The van der Waals surface area contributed by atoms with Crippen molar-refractivity contribution in [2.45, 2.75) is 24.4 Å². The Labute approximate surface area is 96.6 Å². The molecule has 0 saturated carbocycles. The van der Waals surface area contributed by atoms with Gasteiger partial charge in [-0.15, -0.1) is 0 Å². The van der Waals surface area contributed by atoms with Gasteiger partial charge in [0, 0.05) is 12.2 Å². The fourth-order valence-corrected chi connectivity index (χ4v) is 1.87. The maximum Gasteiger partial charge on any atom is 0.331 e. The van der Waals surface area contributed by atoms with E-state index < -0.39 is 36.4 Å². The molecule has 2 saturated heterocycles. The molecule has 0 aromatic carbocycles. The zero-order valence-electron chi connectivity index (χ0n) is 8.81. The molecular formula is C10H12O7. The Morgan fingerprint density at radius 2 is 1.88 bits per heavy atom. The first-order valence-corrected chi connectivity index (χ1v) is 5.11. The number of hydrogen-bond acceptors (Lipinski definition) is 6. The Morgan fingerprint density at radius 3 is 2.59 bits per heavy atom. The Bertz CT molecular complexity index is 351. The molecule has 0 spiro atoms. The second-order valence-electron chi connectivity index (χ2n) is 3.81. The largest absolute Gasteiger partial charge is 0.478 e. The summed E-state index contributed by atoms with van der Waals surface area (Å²) in [6.45, 7) is 0.285. The lowest BCUT2D eigenvalue weighted by atomic mass is 10.1. The first-order valence-electron chi connectivity index (χ1n) is 5.11. The van der Waals surface area contributed by atoms with Crippen LogP contribution in [0.5, 0.6) is 0 Å². The summed E-state index contributed by atoms with van der Waals surface area (Å²) in [5.41, 5.74) is 0. The van der Waals surface area contributed by atoms with Crippen LogP contribution in [0.4, 0.5) is 0 Å². The molecule has 2 aliphatic heterocycles. The highest BCUT2D eigenvalue weighted by molar-refractivity contribution is 5.90. The van der Waals surface area contributed by atoms with Crippen molar-refractivity contribution in [1.29, 1.82) is 0 Å². The van der Waals surface area contributed by atoms with Crippen LogP contribution in [0.2, 0.25) is 0 Å². The number of hydrogen-bond donors (Lipinski definition) is 2. The standard InChI is InChI=1S/C10H12O7/c11-5-3-15-10-6(4-16-9(5)10)17-8(14)2-1-7(12)13/h1-2,5-6,9-11H,3-4H2,(H,12,13)/b2-1-/t5-,6-,9+,10+/m0/s1. The van der Waals surface area contributed by atoms with Gasteiger partial charge in [0.2, 0.25) is 0 Å².